The van der Waals surface area contributed by atoms with E-state index in [1.54, 1.807) is 34.6 Å². The van der Waals surface area contributed by atoms with Crippen LogP contribution in [0.5, 0.6) is 0 Å². The van der Waals surface area contributed by atoms with Gasteiger partial charge in [0.15, 0.2) is 5.82 Å². The van der Waals surface area contributed by atoms with Gasteiger partial charge in [-0.05, 0) is 31.6 Å². The Balaban J connectivity index is 1.72. The van der Waals surface area contributed by atoms with Crippen LogP contribution in [0.15, 0.2) is 48.4 Å². The molecule has 1 atom stereocenters. The summed E-state index contributed by atoms with van der Waals surface area (Å²) in [4.78, 5) is 12.3. The van der Waals surface area contributed by atoms with E-state index in [1.807, 2.05) is 12.3 Å². The number of nitrogens with one attached hydrogen (secondary N) is 1. The van der Waals surface area contributed by atoms with Crippen molar-refractivity contribution in [1.29, 1.82) is 0 Å². The Labute approximate surface area is 133 Å². The van der Waals surface area contributed by atoms with E-state index < -0.39 is 0 Å². The Hall–Kier alpha value is -2.25. The molecule has 0 aliphatic rings. The summed E-state index contributed by atoms with van der Waals surface area (Å²) in [5.41, 5.74) is 0. The first-order valence-electron chi connectivity index (χ1n) is 7.00. The maximum absolute atomic E-state index is 4.54. The fourth-order valence-electron chi connectivity index (χ4n) is 2.18. The van der Waals surface area contributed by atoms with Crippen LogP contribution >= 0.6 is 11.3 Å². The molecule has 3 aromatic rings. The number of aromatic nitrogens is 4. The van der Waals surface area contributed by atoms with Gasteiger partial charge in [-0.1, -0.05) is 6.07 Å². The second-order valence-electron chi connectivity index (χ2n) is 5.09. The molecular weight excluding hydrogens is 296 g/mol. The molecule has 0 saturated carbocycles. The number of likely N-dealkylation sites (N-methyl/N-ethyl adjacent to an activating group) is 1. The molecule has 114 valence electrons. The molecule has 0 aromatic carbocycles. The van der Waals surface area contributed by atoms with Gasteiger partial charge in [0.25, 0.3) is 0 Å². The van der Waals surface area contributed by atoms with Crippen molar-refractivity contribution in [2.75, 3.05) is 26.0 Å². The van der Waals surface area contributed by atoms with E-state index in [0.29, 0.717) is 11.9 Å². The van der Waals surface area contributed by atoms with Gasteiger partial charge in [0.1, 0.15) is 5.82 Å². The first-order chi connectivity index (χ1) is 10.7. The van der Waals surface area contributed by atoms with Crippen molar-refractivity contribution in [3.05, 3.63) is 53.2 Å². The van der Waals surface area contributed by atoms with Crippen molar-refractivity contribution in [2.45, 2.75) is 6.04 Å². The van der Waals surface area contributed by atoms with E-state index in [4.69, 9.17) is 0 Å². The molecule has 0 aliphatic carbocycles. The fraction of sp³-hybridized carbons (Fsp3) is 0.267. The predicted molar refractivity (Wildman–Crippen MR) is 88.4 cm³/mol. The molecule has 0 amide bonds. The van der Waals surface area contributed by atoms with Crippen LogP contribution < -0.4 is 5.32 Å². The largest absolute Gasteiger partial charge is 0.367 e. The van der Waals surface area contributed by atoms with Crippen molar-refractivity contribution in [3.8, 4) is 5.82 Å². The summed E-state index contributed by atoms with van der Waals surface area (Å²) in [7, 11) is 4.16. The molecule has 6 nitrogen and oxygen atoms in total. The number of nitrogens with zero attached hydrogens (tertiary/aromatic N) is 5. The summed E-state index contributed by atoms with van der Waals surface area (Å²) in [5, 5.41) is 9.64. The van der Waals surface area contributed by atoms with Gasteiger partial charge < -0.3 is 10.2 Å². The van der Waals surface area contributed by atoms with Crippen LogP contribution in [0, 0.1) is 0 Å². The molecule has 0 unspecified atom stereocenters. The highest BCUT2D eigenvalue weighted by atomic mass is 32.1. The zero-order valence-electron chi connectivity index (χ0n) is 12.5. The van der Waals surface area contributed by atoms with Crippen LogP contribution in [0.2, 0.25) is 0 Å². The standard InChI is InChI=1S/C15H18N6S/c1-20(2)12(13-5-3-8-22-13)9-17-14-10-16-11-15(19-14)21-7-4-6-18-21/h3-8,10-12H,9H2,1-2H3,(H,17,19)/t12-/m0/s1. The minimum Gasteiger partial charge on any atom is -0.367 e. The molecule has 3 heterocycles. The smallest absolute Gasteiger partial charge is 0.173 e. The predicted octanol–water partition coefficient (Wildman–Crippen LogP) is 2.44. The van der Waals surface area contributed by atoms with Gasteiger partial charge >= 0.3 is 0 Å². The van der Waals surface area contributed by atoms with Crippen molar-refractivity contribution in [2.24, 2.45) is 0 Å². The van der Waals surface area contributed by atoms with Crippen molar-refractivity contribution < 1.29 is 0 Å². The maximum atomic E-state index is 4.54. The average Bonchev–Trinajstić information content (AvgIpc) is 3.21. The first-order valence-corrected chi connectivity index (χ1v) is 7.88. The zero-order valence-corrected chi connectivity index (χ0v) is 13.4. The Morgan fingerprint density at radius 2 is 2.23 bits per heavy atom. The quantitative estimate of drug-likeness (QED) is 0.757. The molecule has 7 heteroatoms. The monoisotopic (exact) mass is 314 g/mol. The highest BCUT2D eigenvalue weighted by Gasteiger charge is 2.15. The maximum Gasteiger partial charge on any atom is 0.173 e. The summed E-state index contributed by atoms with van der Waals surface area (Å²) < 4.78 is 1.70. The number of thiophene rings is 1. The molecule has 0 saturated heterocycles. The third-order valence-corrected chi connectivity index (χ3v) is 4.31. The number of hydrogen-bond acceptors (Lipinski definition) is 6. The number of anilines is 1. The molecule has 0 radical (unpaired) electrons. The minimum absolute atomic E-state index is 0.301. The van der Waals surface area contributed by atoms with Gasteiger partial charge in [0.05, 0.1) is 18.4 Å². The summed E-state index contributed by atoms with van der Waals surface area (Å²) in [6.45, 7) is 0.769. The zero-order chi connectivity index (χ0) is 15.4. The minimum atomic E-state index is 0.301. The van der Waals surface area contributed by atoms with Crippen molar-refractivity contribution in [1.82, 2.24) is 24.6 Å². The normalized spacial score (nSPS) is 12.5. The highest BCUT2D eigenvalue weighted by Crippen LogP contribution is 2.23. The van der Waals surface area contributed by atoms with E-state index in [2.05, 4.69) is 56.9 Å². The summed E-state index contributed by atoms with van der Waals surface area (Å²) in [6.07, 6.45) is 7.00. The highest BCUT2D eigenvalue weighted by molar-refractivity contribution is 7.10. The topological polar surface area (TPSA) is 58.9 Å². The average molecular weight is 314 g/mol. The van der Waals surface area contributed by atoms with E-state index in [0.717, 1.165) is 12.4 Å². The van der Waals surface area contributed by atoms with Gasteiger partial charge in [-0.3, -0.25) is 4.98 Å². The second-order valence-corrected chi connectivity index (χ2v) is 6.07. The lowest BCUT2D eigenvalue weighted by Gasteiger charge is -2.23. The van der Waals surface area contributed by atoms with E-state index in [9.17, 15) is 0 Å². The number of rotatable bonds is 6. The molecule has 0 aliphatic heterocycles. The van der Waals surface area contributed by atoms with Crippen LogP contribution in [0.4, 0.5) is 5.82 Å². The van der Waals surface area contributed by atoms with E-state index in [1.165, 1.54) is 4.88 Å². The molecule has 3 aromatic heterocycles. The van der Waals surface area contributed by atoms with E-state index in [-0.39, 0.29) is 0 Å². The molecule has 3 rings (SSSR count). The summed E-state index contributed by atoms with van der Waals surface area (Å²) in [6, 6.07) is 6.40. The Bertz CT molecular complexity index is 693. The van der Waals surface area contributed by atoms with Gasteiger partial charge in [0.2, 0.25) is 0 Å². The second kappa shape index (κ2) is 6.67. The van der Waals surface area contributed by atoms with Gasteiger partial charge in [-0.15, -0.1) is 11.3 Å². The lowest BCUT2D eigenvalue weighted by Crippen LogP contribution is -2.26. The molecule has 1 N–H and O–H groups in total. The molecule has 0 bridgehead atoms. The molecule has 0 fully saturated rings. The van der Waals surface area contributed by atoms with Crippen LogP contribution in [0.3, 0.4) is 0 Å². The summed E-state index contributed by atoms with van der Waals surface area (Å²) >= 11 is 1.76. The van der Waals surface area contributed by atoms with Crippen LogP contribution in [-0.2, 0) is 0 Å². The molecule has 22 heavy (non-hydrogen) atoms. The Kier molecular flexibility index (Phi) is 4.45. The first kappa shape index (κ1) is 14.7. The lowest BCUT2D eigenvalue weighted by atomic mass is 10.2. The third kappa shape index (κ3) is 3.32. The van der Waals surface area contributed by atoms with Crippen molar-refractivity contribution in [3.63, 3.8) is 0 Å². The van der Waals surface area contributed by atoms with Gasteiger partial charge in [0, 0.05) is 23.8 Å². The summed E-state index contributed by atoms with van der Waals surface area (Å²) in [5.74, 6) is 1.45. The van der Waals surface area contributed by atoms with E-state index >= 15 is 0 Å². The third-order valence-electron chi connectivity index (χ3n) is 3.33. The SMILES string of the molecule is CN(C)[C@@H](CNc1cncc(-n2cccn2)n1)c1cccs1. The van der Waals surface area contributed by atoms with Crippen LogP contribution in [0.1, 0.15) is 10.9 Å². The molecular formula is C15H18N6S. The lowest BCUT2D eigenvalue weighted by molar-refractivity contribution is 0.316. The fourth-order valence-corrected chi connectivity index (χ4v) is 3.10. The van der Waals surface area contributed by atoms with Gasteiger partial charge in [-0.25, -0.2) is 9.67 Å². The van der Waals surface area contributed by atoms with Gasteiger partial charge in [-0.2, -0.15) is 5.10 Å². The molecule has 0 spiro atoms. The van der Waals surface area contributed by atoms with Crippen molar-refractivity contribution >= 4 is 17.2 Å². The Morgan fingerprint density at radius 3 is 2.91 bits per heavy atom. The van der Waals surface area contributed by atoms with Crippen LogP contribution in [0.25, 0.3) is 5.82 Å². The Morgan fingerprint density at radius 1 is 1.32 bits per heavy atom. The number of hydrogen-bond donors (Lipinski definition) is 1. The van der Waals surface area contributed by atoms with Crippen LogP contribution in [-0.4, -0.2) is 45.3 Å².